The third-order valence-electron chi connectivity index (χ3n) is 2.65. The lowest BCUT2D eigenvalue weighted by molar-refractivity contribution is -0.141. The van der Waals surface area contributed by atoms with Crippen LogP contribution in [0.15, 0.2) is 34.9 Å². The molecule has 2 N–H and O–H groups in total. The van der Waals surface area contributed by atoms with Gasteiger partial charge in [-0.25, -0.2) is 4.79 Å². The summed E-state index contributed by atoms with van der Waals surface area (Å²) in [5.74, 6) is -1.52. The van der Waals surface area contributed by atoms with E-state index in [-0.39, 0.29) is 0 Å². The number of nitrogens with one attached hydrogen (secondary N) is 1. The van der Waals surface area contributed by atoms with Gasteiger partial charge in [-0.1, -0.05) is 28.1 Å². The number of aromatic nitrogens is 1. The molecule has 2 aromatic rings. The van der Waals surface area contributed by atoms with Gasteiger partial charge in [0.05, 0.1) is 5.52 Å². The predicted molar refractivity (Wildman–Crippen MR) is 73.6 cm³/mol. The Kier molecular flexibility index (Phi) is 3.80. The van der Waals surface area contributed by atoms with Gasteiger partial charge in [-0.3, -0.25) is 9.78 Å². The molecule has 2 rings (SSSR count). The Hall–Kier alpha value is -1.95. The van der Waals surface area contributed by atoms with Crippen molar-refractivity contribution in [3.05, 3.63) is 40.5 Å². The number of pyridine rings is 1. The van der Waals surface area contributed by atoms with E-state index < -0.39 is 17.9 Å². The van der Waals surface area contributed by atoms with Crippen LogP contribution in [0, 0.1) is 0 Å². The van der Waals surface area contributed by atoms with Crippen LogP contribution in [-0.2, 0) is 9.59 Å². The highest BCUT2D eigenvalue weighted by Gasteiger charge is 2.23. The number of rotatable bonds is 3. The van der Waals surface area contributed by atoms with Gasteiger partial charge in [-0.15, -0.1) is 0 Å². The van der Waals surface area contributed by atoms with Crippen LogP contribution in [0.4, 0.5) is 0 Å². The smallest absolute Gasteiger partial charge is 0.330 e. The molecule has 0 aliphatic rings. The summed E-state index contributed by atoms with van der Waals surface area (Å²) in [6, 6.07) is 5.89. The predicted octanol–water partition coefficient (Wildman–Crippen LogP) is 2.26. The Morgan fingerprint density at radius 1 is 1.37 bits per heavy atom. The fraction of sp³-hybridized carbons (Fsp3) is 0.154. The third-order valence-corrected chi connectivity index (χ3v) is 3.34. The summed E-state index contributed by atoms with van der Waals surface area (Å²) in [5.41, 5.74) is 1.01. The van der Waals surface area contributed by atoms with E-state index in [1.54, 1.807) is 24.4 Å². The van der Waals surface area contributed by atoms with Gasteiger partial charge in [0, 0.05) is 28.5 Å². The molecule has 1 heterocycles. The first kappa shape index (κ1) is 13.5. The molecule has 98 valence electrons. The molecule has 0 bridgehead atoms. The topological polar surface area (TPSA) is 79.3 Å². The molecule has 5 nitrogen and oxygen atoms in total. The number of carbonyl (C=O) groups excluding carboxylic acids is 1. The van der Waals surface area contributed by atoms with E-state index in [4.69, 9.17) is 0 Å². The van der Waals surface area contributed by atoms with E-state index in [2.05, 4.69) is 26.2 Å². The lowest BCUT2D eigenvalue weighted by Gasteiger charge is -2.15. The molecule has 0 saturated heterocycles. The molecule has 1 aromatic heterocycles. The number of carbonyl (C=O) groups is 2. The van der Waals surface area contributed by atoms with Crippen molar-refractivity contribution < 1.29 is 14.7 Å². The lowest BCUT2D eigenvalue weighted by Crippen LogP contribution is -2.32. The number of carboxylic acids is 1. The van der Waals surface area contributed by atoms with Gasteiger partial charge in [-0.05, 0) is 12.1 Å². The number of carboxylic acid groups (broad SMARTS) is 1. The highest BCUT2D eigenvalue weighted by molar-refractivity contribution is 9.10. The highest BCUT2D eigenvalue weighted by Crippen LogP contribution is 2.28. The number of amides is 1. The molecular formula is C13H11BrN2O3. The van der Waals surface area contributed by atoms with Crippen molar-refractivity contribution in [3.8, 4) is 0 Å². The summed E-state index contributed by atoms with van der Waals surface area (Å²) in [7, 11) is 0. The van der Waals surface area contributed by atoms with Crippen LogP contribution < -0.4 is 5.32 Å². The maximum Gasteiger partial charge on any atom is 0.330 e. The van der Waals surface area contributed by atoms with Crippen LogP contribution in [-0.4, -0.2) is 22.0 Å². The molecule has 0 aliphatic heterocycles. The third kappa shape index (κ3) is 2.73. The maximum atomic E-state index is 11.3. The number of nitrogens with zero attached hydrogens (tertiary/aromatic N) is 1. The Morgan fingerprint density at radius 2 is 2.11 bits per heavy atom. The minimum Gasteiger partial charge on any atom is -0.479 e. The van der Waals surface area contributed by atoms with Gasteiger partial charge in [0.25, 0.3) is 0 Å². The second kappa shape index (κ2) is 5.36. The second-order valence-corrected chi connectivity index (χ2v) is 4.86. The van der Waals surface area contributed by atoms with Crippen molar-refractivity contribution >= 4 is 38.7 Å². The van der Waals surface area contributed by atoms with Crippen LogP contribution >= 0.6 is 15.9 Å². The molecule has 19 heavy (non-hydrogen) atoms. The van der Waals surface area contributed by atoms with Gasteiger partial charge >= 0.3 is 5.97 Å². The SMILES string of the molecule is CC(=O)NC(C(=O)O)c1ccc(Br)c2cccnc12. The van der Waals surface area contributed by atoms with Gasteiger partial charge in [0.15, 0.2) is 6.04 Å². The summed E-state index contributed by atoms with van der Waals surface area (Å²) in [6.07, 6.45) is 1.59. The number of aliphatic carboxylic acids is 1. The van der Waals surface area contributed by atoms with Crippen molar-refractivity contribution in [2.75, 3.05) is 0 Å². The van der Waals surface area contributed by atoms with Crippen molar-refractivity contribution in [2.45, 2.75) is 13.0 Å². The summed E-state index contributed by atoms with van der Waals surface area (Å²) in [5, 5.41) is 12.5. The lowest BCUT2D eigenvalue weighted by atomic mass is 10.0. The standard InChI is InChI=1S/C13H11BrN2O3/c1-7(17)16-12(13(18)19)9-4-5-10(14)8-3-2-6-15-11(8)9/h2-6,12H,1H3,(H,16,17)(H,18,19). The minimum absolute atomic E-state index is 0.403. The molecule has 1 unspecified atom stereocenters. The number of hydrogen-bond donors (Lipinski definition) is 2. The first-order valence-corrected chi connectivity index (χ1v) is 6.33. The van der Waals surface area contributed by atoms with E-state index in [9.17, 15) is 14.7 Å². The van der Waals surface area contributed by atoms with Crippen molar-refractivity contribution in [2.24, 2.45) is 0 Å². The fourth-order valence-corrected chi connectivity index (χ4v) is 2.32. The van der Waals surface area contributed by atoms with Crippen molar-refractivity contribution in [1.82, 2.24) is 10.3 Å². The molecular weight excluding hydrogens is 312 g/mol. The average molecular weight is 323 g/mol. The van der Waals surface area contributed by atoms with Crippen molar-refractivity contribution in [3.63, 3.8) is 0 Å². The maximum absolute atomic E-state index is 11.3. The molecule has 0 saturated carbocycles. The Labute approximate surface area is 117 Å². The molecule has 6 heteroatoms. The molecule has 0 radical (unpaired) electrons. The fourth-order valence-electron chi connectivity index (χ4n) is 1.87. The molecule has 1 amide bonds. The zero-order valence-electron chi connectivity index (χ0n) is 10.1. The number of fused-ring (bicyclic) bond motifs is 1. The molecule has 0 fully saturated rings. The number of hydrogen-bond acceptors (Lipinski definition) is 3. The summed E-state index contributed by atoms with van der Waals surface area (Å²) >= 11 is 3.39. The van der Waals surface area contributed by atoms with E-state index in [0.29, 0.717) is 11.1 Å². The van der Waals surface area contributed by atoms with Gasteiger partial charge in [0.2, 0.25) is 5.91 Å². The number of halogens is 1. The first-order chi connectivity index (χ1) is 9.00. The normalized spacial score (nSPS) is 12.1. The zero-order valence-corrected chi connectivity index (χ0v) is 11.6. The van der Waals surface area contributed by atoms with Crippen molar-refractivity contribution in [1.29, 1.82) is 0 Å². The van der Waals surface area contributed by atoms with E-state index >= 15 is 0 Å². The Bertz CT molecular complexity index is 657. The van der Waals surface area contributed by atoms with Crippen LogP contribution in [0.25, 0.3) is 10.9 Å². The summed E-state index contributed by atoms with van der Waals surface area (Å²) in [6.45, 7) is 1.28. The van der Waals surface area contributed by atoms with E-state index in [1.807, 2.05) is 6.07 Å². The van der Waals surface area contributed by atoms with Crippen LogP contribution in [0.5, 0.6) is 0 Å². The van der Waals surface area contributed by atoms with Crippen LogP contribution in [0.1, 0.15) is 18.5 Å². The molecule has 1 aromatic carbocycles. The van der Waals surface area contributed by atoms with Gasteiger partial charge in [-0.2, -0.15) is 0 Å². The summed E-state index contributed by atoms with van der Waals surface area (Å²) < 4.78 is 0.825. The molecule has 0 aliphatic carbocycles. The van der Waals surface area contributed by atoms with Gasteiger partial charge < -0.3 is 10.4 Å². The summed E-state index contributed by atoms with van der Waals surface area (Å²) in [4.78, 5) is 26.6. The zero-order chi connectivity index (χ0) is 14.0. The van der Waals surface area contributed by atoms with Crippen LogP contribution in [0.2, 0.25) is 0 Å². The monoisotopic (exact) mass is 322 g/mol. The minimum atomic E-state index is -1.12. The molecule has 1 atom stereocenters. The Morgan fingerprint density at radius 3 is 2.74 bits per heavy atom. The Balaban J connectivity index is 2.63. The van der Waals surface area contributed by atoms with E-state index in [0.717, 1.165) is 9.86 Å². The van der Waals surface area contributed by atoms with E-state index in [1.165, 1.54) is 6.92 Å². The van der Waals surface area contributed by atoms with Gasteiger partial charge in [0.1, 0.15) is 0 Å². The average Bonchev–Trinajstić information content (AvgIpc) is 2.37. The van der Waals surface area contributed by atoms with Crippen LogP contribution in [0.3, 0.4) is 0 Å². The number of benzene rings is 1. The first-order valence-electron chi connectivity index (χ1n) is 5.53. The quantitative estimate of drug-likeness (QED) is 0.908. The largest absolute Gasteiger partial charge is 0.479 e. The molecule has 0 spiro atoms. The second-order valence-electron chi connectivity index (χ2n) is 4.01. The highest BCUT2D eigenvalue weighted by atomic mass is 79.9.